The Hall–Kier alpha value is -4.14. The van der Waals surface area contributed by atoms with E-state index in [0.717, 1.165) is 16.6 Å². The molecule has 0 saturated heterocycles. The highest BCUT2D eigenvalue weighted by Gasteiger charge is 2.18. The third-order valence-electron chi connectivity index (χ3n) is 4.96. The first-order chi connectivity index (χ1) is 14.7. The molecule has 0 spiro atoms. The van der Waals surface area contributed by atoms with Crippen LogP contribution in [0.15, 0.2) is 55.0 Å². The van der Waals surface area contributed by atoms with E-state index in [1.807, 2.05) is 35.0 Å². The lowest BCUT2D eigenvalue weighted by molar-refractivity contribution is 0.340. The normalized spacial score (nSPS) is 11.3. The van der Waals surface area contributed by atoms with E-state index in [9.17, 15) is 5.11 Å². The monoisotopic (exact) mass is 402 g/mol. The van der Waals surface area contributed by atoms with E-state index < -0.39 is 0 Å². The number of phenolic OH excluding ortho intramolecular Hbond substituents is 1. The summed E-state index contributed by atoms with van der Waals surface area (Å²) in [5.74, 6) is 1.05. The zero-order valence-electron chi connectivity index (χ0n) is 16.4. The Morgan fingerprint density at radius 2 is 1.70 bits per heavy atom. The van der Waals surface area contributed by atoms with Crippen molar-refractivity contribution in [3.63, 3.8) is 0 Å². The Morgan fingerprint density at radius 1 is 0.967 bits per heavy atom. The molecule has 0 saturated carbocycles. The fraction of sp³-hybridized carbons (Fsp3) is 0.143. The lowest BCUT2D eigenvalue weighted by atomic mass is 10.1. The van der Waals surface area contributed by atoms with Crippen LogP contribution in [0.3, 0.4) is 0 Å². The first-order valence-electron chi connectivity index (χ1n) is 9.24. The molecule has 2 aromatic carbocycles. The number of methoxy groups -OCH3 is 2. The summed E-state index contributed by atoms with van der Waals surface area (Å²) >= 11 is 0. The lowest BCUT2D eigenvalue weighted by Gasteiger charge is -2.10. The second-order valence-corrected chi connectivity index (χ2v) is 6.72. The third-order valence-corrected chi connectivity index (χ3v) is 4.96. The fourth-order valence-corrected chi connectivity index (χ4v) is 3.46. The van der Waals surface area contributed by atoms with E-state index in [4.69, 9.17) is 9.47 Å². The SMILES string of the molecule is COc1cc(-c2nnc3c4cnn(Cc5ccccc5)c4ncn23)cc(OC)c1O. The van der Waals surface area contributed by atoms with Gasteiger partial charge in [0.1, 0.15) is 6.33 Å². The number of aromatic nitrogens is 6. The van der Waals surface area contributed by atoms with Crippen molar-refractivity contribution in [2.45, 2.75) is 6.54 Å². The van der Waals surface area contributed by atoms with E-state index in [1.165, 1.54) is 14.2 Å². The number of hydrogen-bond acceptors (Lipinski definition) is 7. The van der Waals surface area contributed by atoms with Crippen LogP contribution in [0.1, 0.15) is 5.56 Å². The molecule has 1 N–H and O–H groups in total. The van der Waals surface area contributed by atoms with Crippen LogP contribution in [-0.2, 0) is 6.54 Å². The van der Waals surface area contributed by atoms with Crippen molar-refractivity contribution in [2.24, 2.45) is 0 Å². The molecule has 0 radical (unpaired) electrons. The molecule has 3 aromatic heterocycles. The highest BCUT2D eigenvalue weighted by atomic mass is 16.5. The molecule has 0 fully saturated rings. The van der Waals surface area contributed by atoms with Gasteiger partial charge in [-0.2, -0.15) is 5.10 Å². The van der Waals surface area contributed by atoms with Gasteiger partial charge in [-0.25, -0.2) is 9.67 Å². The second-order valence-electron chi connectivity index (χ2n) is 6.72. The van der Waals surface area contributed by atoms with Crippen LogP contribution in [0.4, 0.5) is 0 Å². The molecule has 9 nitrogen and oxygen atoms in total. The second kappa shape index (κ2) is 7.03. The van der Waals surface area contributed by atoms with Crippen LogP contribution < -0.4 is 9.47 Å². The van der Waals surface area contributed by atoms with E-state index in [-0.39, 0.29) is 17.2 Å². The van der Waals surface area contributed by atoms with Gasteiger partial charge in [-0.05, 0) is 17.7 Å². The van der Waals surface area contributed by atoms with Crippen LogP contribution in [0.25, 0.3) is 28.1 Å². The predicted octanol–water partition coefficient (Wildman–Crippen LogP) is 2.91. The van der Waals surface area contributed by atoms with Crippen LogP contribution in [-0.4, -0.2) is 48.7 Å². The average molecular weight is 402 g/mol. The number of benzene rings is 2. The molecular formula is C21H18N6O3. The Labute approximate surface area is 171 Å². The Morgan fingerprint density at radius 3 is 2.40 bits per heavy atom. The van der Waals surface area contributed by atoms with E-state index >= 15 is 0 Å². The van der Waals surface area contributed by atoms with Crippen molar-refractivity contribution < 1.29 is 14.6 Å². The molecular weight excluding hydrogens is 384 g/mol. The lowest BCUT2D eigenvalue weighted by Crippen LogP contribution is -2.03. The highest BCUT2D eigenvalue weighted by molar-refractivity contribution is 5.89. The Balaban J connectivity index is 1.62. The molecule has 0 aliphatic carbocycles. The van der Waals surface area contributed by atoms with Crippen molar-refractivity contribution in [3.8, 4) is 28.6 Å². The van der Waals surface area contributed by atoms with E-state index in [1.54, 1.807) is 29.1 Å². The maximum Gasteiger partial charge on any atom is 0.200 e. The van der Waals surface area contributed by atoms with Gasteiger partial charge in [0.2, 0.25) is 5.75 Å². The van der Waals surface area contributed by atoms with Crippen molar-refractivity contribution in [3.05, 3.63) is 60.6 Å². The van der Waals surface area contributed by atoms with Gasteiger partial charge in [0.25, 0.3) is 0 Å². The molecule has 5 aromatic rings. The zero-order chi connectivity index (χ0) is 20.7. The first-order valence-corrected chi connectivity index (χ1v) is 9.24. The van der Waals surface area contributed by atoms with Gasteiger partial charge in [0.15, 0.2) is 28.6 Å². The van der Waals surface area contributed by atoms with Crippen LogP contribution in [0.2, 0.25) is 0 Å². The number of rotatable bonds is 5. The van der Waals surface area contributed by atoms with Gasteiger partial charge in [-0.15, -0.1) is 10.2 Å². The highest BCUT2D eigenvalue weighted by Crippen LogP contribution is 2.40. The van der Waals surface area contributed by atoms with Crippen LogP contribution in [0, 0.1) is 0 Å². The summed E-state index contributed by atoms with van der Waals surface area (Å²) in [6.07, 6.45) is 3.42. The largest absolute Gasteiger partial charge is 0.502 e. The summed E-state index contributed by atoms with van der Waals surface area (Å²) in [5.41, 5.74) is 3.17. The molecule has 3 heterocycles. The minimum Gasteiger partial charge on any atom is -0.502 e. The molecule has 0 aliphatic heterocycles. The summed E-state index contributed by atoms with van der Waals surface area (Å²) in [5, 5.41) is 24.1. The molecule has 0 amide bonds. The molecule has 0 aliphatic rings. The van der Waals surface area contributed by atoms with Crippen LogP contribution >= 0.6 is 0 Å². The van der Waals surface area contributed by atoms with E-state index in [0.29, 0.717) is 23.6 Å². The molecule has 150 valence electrons. The maximum absolute atomic E-state index is 10.2. The molecule has 5 rings (SSSR count). The average Bonchev–Trinajstić information content (AvgIpc) is 3.39. The summed E-state index contributed by atoms with van der Waals surface area (Å²) in [6, 6.07) is 13.4. The van der Waals surface area contributed by atoms with Gasteiger partial charge < -0.3 is 14.6 Å². The zero-order valence-corrected chi connectivity index (χ0v) is 16.4. The minimum atomic E-state index is -0.0692. The summed E-state index contributed by atoms with van der Waals surface area (Å²) in [7, 11) is 2.96. The van der Waals surface area contributed by atoms with Gasteiger partial charge >= 0.3 is 0 Å². The summed E-state index contributed by atoms with van der Waals surface area (Å²) < 4.78 is 14.1. The van der Waals surface area contributed by atoms with Crippen molar-refractivity contribution in [2.75, 3.05) is 14.2 Å². The number of ether oxygens (including phenoxy) is 2. The summed E-state index contributed by atoms with van der Waals surface area (Å²) in [4.78, 5) is 4.60. The molecule has 0 unspecified atom stereocenters. The van der Waals surface area contributed by atoms with Crippen LogP contribution in [0.5, 0.6) is 17.2 Å². The minimum absolute atomic E-state index is 0.0692. The van der Waals surface area contributed by atoms with Gasteiger partial charge in [-0.3, -0.25) is 4.40 Å². The smallest absolute Gasteiger partial charge is 0.200 e. The molecule has 30 heavy (non-hydrogen) atoms. The van der Waals surface area contributed by atoms with Gasteiger partial charge in [0, 0.05) is 5.56 Å². The maximum atomic E-state index is 10.2. The Bertz CT molecular complexity index is 1330. The number of fused-ring (bicyclic) bond motifs is 3. The van der Waals surface area contributed by atoms with Gasteiger partial charge in [0.05, 0.1) is 32.3 Å². The molecule has 9 heteroatoms. The number of phenols is 1. The summed E-state index contributed by atoms with van der Waals surface area (Å²) in [6.45, 7) is 0.612. The Kier molecular flexibility index (Phi) is 4.20. The third kappa shape index (κ3) is 2.79. The van der Waals surface area contributed by atoms with Crippen molar-refractivity contribution in [1.29, 1.82) is 0 Å². The topological polar surface area (TPSA) is 99.6 Å². The van der Waals surface area contributed by atoms with Crippen molar-refractivity contribution >= 4 is 16.7 Å². The quantitative estimate of drug-likeness (QED) is 0.482. The fourth-order valence-electron chi connectivity index (χ4n) is 3.46. The number of nitrogens with zero attached hydrogens (tertiary/aromatic N) is 6. The van der Waals surface area contributed by atoms with Gasteiger partial charge in [-0.1, -0.05) is 30.3 Å². The van der Waals surface area contributed by atoms with E-state index in [2.05, 4.69) is 20.3 Å². The first kappa shape index (κ1) is 17.9. The van der Waals surface area contributed by atoms with Crippen molar-refractivity contribution in [1.82, 2.24) is 29.4 Å². The number of aromatic hydroxyl groups is 1. The molecule has 0 atom stereocenters. The standard InChI is InChI=1S/C21H18N6O3/c1-29-16-8-14(9-17(30-2)18(16)28)19-24-25-21-15-10-23-27(20(15)22-12-26(19)21)11-13-6-4-3-5-7-13/h3-10,12,28H,11H2,1-2H3. The predicted molar refractivity (Wildman–Crippen MR) is 110 cm³/mol. The number of hydrogen-bond donors (Lipinski definition) is 1. The molecule has 0 bridgehead atoms.